The Labute approximate surface area is 147 Å². The fourth-order valence-corrected chi connectivity index (χ4v) is 3.50. The maximum Gasteiger partial charge on any atom is 0.258 e. The predicted octanol–water partition coefficient (Wildman–Crippen LogP) is 2.48. The zero-order chi connectivity index (χ0) is 17.8. The van der Waals surface area contributed by atoms with Crippen molar-refractivity contribution >= 4 is 16.8 Å². The molecule has 6 nitrogen and oxygen atoms in total. The maximum absolute atomic E-state index is 13.0. The number of ether oxygens (including phenoxy) is 1. The van der Waals surface area contributed by atoms with Gasteiger partial charge in [-0.05, 0) is 38.3 Å². The van der Waals surface area contributed by atoms with Crippen LogP contribution in [0.2, 0.25) is 0 Å². The lowest BCUT2D eigenvalue weighted by Gasteiger charge is -2.33. The van der Waals surface area contributed by atoms with Gasteiger partial charge in [0.25, 0.3) is 5.56 Å². The van der Waals surface area contributed by atoms with E-state index >= 15 is 0 Å². The Morgan fingerprint density at radius 1 is 1.36 bits per heavy atom. The van der Waals surface area contributed by atoms with E-state index in [1.807, 2.05) is 25.1 Å². The van der Waals surface area contributed by atoms with Gasteiger partial charge < -0.3 is 14.6 Å². The number of aromatic nitrogens is 2. The van der Waals surface area contributed by atoms with E-state index in [9.17, 15) is 9.59 Å². The largest absolute Gasteiger partial charge is 0.377 e. The Hall–Kier alpha value is -2.21. The zero-order valence-corrected chi connectivity index (χ0v) is 14.8. The highest BCUT2D eigenvalue weighted by molar-refractivity contribution is 5.80. The Morgan fingerprint density at radius 3 is 2.92 bits per heavy atom. The highest BCUT2D eigenvalue weighted by Gasteiger charge is 2.33. The third-order valence-electron chi connectivity index (χ3n) is 4.86. The summed E-state index contributed by atoms with van der Waals surface area (Å²) in [7, 11) is 0. The summed E-state index contributed by atoms with van der Waals surface area (Å²) in [5.74, 6) is 0.499. The van der Waals surface area contributed by atoms with Crippen molar-refractivity contribution in [3.05, 3.63) is 40.4 Å². The second-order valence-electron chi connectivity index (χ2n) is 6.45. The fraction of sp³-hybridized carbons (Fsp3) is 0.526. The highest BCUT2D eigenvalue weighted by Crippen LogP contribution is 2.25. The Bertz CT molecular complexity index is 802. The molecule has 1 fully saturated rings. The van der Waals surface area contributed by atoms with Crippen LogP contribution in [-0.4, -0.2) is 40.0 Å². The molecule has 0 saturated carbocycles. The molecule has 0 unspecified atom stereocenters. The van der Waals surface area contributed by atoms with Crippen molar-refractivity contribution in [3.8, 4) is 0 Å². The molecule has 0 radical (unpaired) electrons. The Balaban J connectivity index is 1.82. The van der Waals surface area contributed by atoms with Gasteiger partial charge in [0.2, 0.25) is 5.91 Å². The maximum atomic E-state index is 13.0. The first-order chi connectivity index (χ1) is 12.1. The van der Waals surface area contributed by atoms with Gasteiger partial charge in [-0.25, -0.2) is 4.98 Å². The van der Waals surface area contributed by atoms with Gasteiger partial charge in [-0.15, -0.1) is 0 Å². The molecule has 3 rings (SSSR count). The summed E-state index contributed by atoms with van der Waals surface area (Å²) in [4.78, 5) is 34.3. The van der Waals surface area contributed by atoms with E-state index in [0.717, 1.165) is 25.9 Å². The normalized spacial score (nSPS) is 20.6. The number of H-pyrrole nitrogens is 1. The smallest absolute Gasteiger partial charge is 0.258 e. The van der Waals surface area contributed by atoms with Crippen LogP contribution in [0.1, 0.15) is 38.9 Å². The summed E-state index contributed by atoms with van der Waals surface area (Å²) in [5, 5.41) is 0.562. The average Bonchev–Trinajstić information content (AvgIpc) is 2.65. The van der Waals surface area contributed by atoms with E-state index in [1.165, 1.54) is 0 Å². The number of carbonyl (C=O) groups excluding carboxylic acids is 1. The number of aromatic amines is 1. The van der Waals surface area contributed by atoms with Crippen molar-refractivity contribution in [2.24, 2.45) is 5.92 Å². The summed E-state index contributed by atoms with van der Waals surface area (Å²) in [6, 6.07) is 7.23. The number of para-hydroxylation sites is 1. The standard InChI is InChI=1S/C19H25N3O3/c1-3-16-14(9-7-11-25-16)19(24)22(4-2)12-17-20-15-10-6-5-8-13(15)18(23)21-17/h5-6,8,10,14,16H,3-4,7,9,11-12H2,1-2H3,(H,20,21,23)/t14-,16+/m1/s1. The minimum absolute atomic E-state index is 0.0149. The number of rotatable bonds is 5. The van der Waals surface area contributed by atoms with E-state index in [0.29, 0.717) is 29.8 Å². The molecule has 25 heavy (non-hydrogen) atoms. The third kappa shape index (κ3) is 3.74. The molecule has 0 aliphatic carbocycles. The zero-order valence-electron chi connectivity index (χ0n) is 14.8. The number of fused-ring (bicyclic) bond motifs is 1. The molecule has 1 saturated heterocycles. The molecule has 2 aromatic rings. The van der Waals surface area contributed by atoms with Crippen LogP contribution in [0.15, 0.2) is 29.1 Å². The van der Waals surface area contributed by atoms with Crippen molar-refractivity contribution in [1.82, 2.24) is 14.9 Å². The van der Waals surface area contributed by atoms with Gasteiger partial charge >= 0.3 is 0 Å². The quantitative estimate of drug-likeness (QED) is 0.905. The predicted molar refractivity (Wildman–Crippen MR) is 96.2 cm³/mol. The lowest BCUT2D eigenvalue weighted by molar-refractivity contribution is -0.145. The van der Waals surface area contributed by atoms with E-state index in [2.05, 4.69) is 16.9 Å². The first-order valence-corrected chi connectivity index (χ1v) is 9.02. The molecule has 6 heteroatoms. The number of hydrogen-bond donors (Lipinski definition) is 1. The minimum atomic E-state index is -0.170. The van der Waals surface area contributed by atoms with Crippen LogP contribution in [0.5, 0.6) is 0 Å². The van der Waals surface area contributed by atoms with Gasteiger partial charge in [-0.2, -0.15) is 0 Å². The molecule has 134 valence electrons. The van der Waals surface area contributed by atoms with Gasteiger partial charge in [0.15, 0.2) is 0 Å². The van der Waals surface area contributed by atoms with Crippen molar-refractivity contribution in [2.45, 2.75) is 45.8 Å². The van der Waals surface area contributed by atoms with Crippen molar-refractivity contribution in [2.75, 3.05) is 13.2 Å². The van der Waals surface area contributed by atoms with E-state index in [4.69, 9.17) is 4.74 Å². The summed E-state index contributed by atoms with van der Waals surface area (Å²) in [6.45, 7) is 5.61. The summed E-state index contributed by atoms with van der Waals surface area (Å²) >= 11 is 0. The van der Waals surface area contributed by atoms with Crippen molar-refractivity contribution in [3.63, 3.8) is 0 Å². The van der Waals surface area contributed by atoms with Gasteiger partial charge in [0.05, 0.1) is 29.5 Å². The van der Waals surface area contributed by atoms with Crippen molar-refractivity contribution < 1.29 is 9.53 Å². The van der Waals surface area contributed by atoms with Crippen LogP contribution in [0, 0.1) is 5.92 Å². The average molecular weight is 343 g/mol. The first kappa shape index (κ1) is 17.6. The third-order valence-corrected chi connectivity index (χ3v) is 4.86. The fourth-order valence-electron chi connectivity index (χ4n) is 3.50. The van der Waals surface area contributed by atoms with Gasteiger partial charge in [0.1, 0.15) is 5.82 Å². The molecule has 1 N–H and O–H groups in total. The molecule has 1 amide bonds. The molecule has 0 spiro atoms. The molecule has 1 aliphatic heterocycles. The molecular formula is C19H25N3O3. The molecule has 1 aliphatic rings. The van der Waals surface area contributed by atoms with Crippen LogP contribution in [0.25, 0.3) is 10.9 Å². The Kier molecular flexibility index (Phi) is 5.48. The van der Waals surface area contributed by atoms with Gasteiger partial charge in [0, 0.05) is 13.2 Å². The van der Waals surface area contributed by atoms with Gasteiger partial charge in [-0.1, -0.05) is 19.1 Å². The SMILES string of the molecule is CC[C@@H]1OCCC[C@H]1C(=O)N(CC)Cc1nc2ccccc2c(=O)[nH]1. The monoisotopic (exact) mass is 343 g/mol. The van der Waals surface area contributed by atoms with Crippen LogP contribution < -0.4 is 5.56 Å². The molecular weight excluding hydrogens is 318 g/mol. The van der Waals surface area contributed by atoms with Crippen LogP contribution in [0.4, 0.5) is 0 Å². The van der Waals surface area contributed by atoms with E-state index in [1.54, 1.807) is 11.0 Å². The second kappa shape index (κ2) is 7.78. The lowest BCUT2D eigenvalue weighted by atomic mass is 9.91. The van der Waals surface area contributed by atoms with Crippen LogP contribution >= 0.6 is 0 Å². The van der Waals surface area contributed by atoms with Crippen LogP contribution in [-0.2, 0) is 16.1 Å². The molecule has 2 heterocycles. The molecule has 1 aromatic heterocycles. The molecule has 1 aromatic carbocycles. The number of nitrogens with one attached hydrogen (secondary N) is 1. The molecule has 2 atom stereocenters. The van der Waals surface area contributed by atoms with Gasteiger partial charge in [-0.3, -0.25) is 9.59 Å². The summed E-state index contributed by atoms with van der Waals surface area (Å²) < 4.78 is 5.76. The number of carbonyl (C=O) groups is 1. The number of benzene rings is 1. The minimum Gasteiger partial charge on any atom is -0.377 e. The number of amides is 1. The molecule has 0 bridgehead atoms. The van der Waals surface area contributed by atoms with E-state index < -0.39 is 0 Å². The first-order valence-electron chi connectivity index (χ1n) is 9.02. The highest BCUT2D eigenvalue weighted by atomic mass is 16.5. The Morgan fingerprint density at radius 2 is 2.16 bits per heavy atom. The summed E-state index contributed by atoms with van der Waals surface area (Å²) in [5.41, 5.74) is 0.480. The second-order valence-corrected chi connectivity index (χ2v) is 6.45. The van der Waals surface area contributed by atoms with E-state index in [-0.39, 0.29) is 23.5 Å². The lowest BCUT2D eigenvalue weighted by Crippen LogP contribution is -2.43. The summed E-state index contributed by atoms with van der Waals surface area (Å²) in [6.07, 6.45) is 2.59. The topological polar surface area (TPSA) is 75.3 Å². The van der Waals surface area contributed by atoms with Crippen LogP contribution in [0.3, 0.4) is 0 Å². The number of hydrogen-bond acceptors (Lipinski definition) is 4. The number of nitrogens with zero attached hydrogens (tertiary/aromatic N) is 2. The van der Waals surface area contributed by atoms with Crippen molar-refractivity contribution in [1.29, 1.82) is 0 Å².